The van der Waals surface area contributed by atoms with Gasteiger partial charge in [0.05, 0.1) is 10.4 Å². The number of esters is 1. The quantitative estimate of drug-likeness (QED) is 0.652. The molecule has 0 aliphatic carbocycles. The zero-order chi connectivity index (χ0) is 21.7. The van der Waals surface area contributed by atoms with Crippen LogP contribution in [0.5, 0.6) is 0 Å². The van der Waals surface area contributed by atoms with Gasteiger partial charge in [0.1, 0.15) is 0 Å². The van der Waals surface area contributed by atoms with Gasteiger partial charge in [-0.15, -0.1) is 11.3 Å². The van der Waals surface area contributed by atoms with Crippen molar-refractivity contribution < 1.29 is 19.1 Å². The number of thiophene rings is 1. The number of rotatable bonds is 7. The summed E-state index contributed by atoms with van der Waals surface area (Å²) in [5.74, 6) is -1.22. The Hall–Kier alpha value is -2.67. The fraction of sp³-hybridized carbons (Fsp3) is 0.409. The van der Waals surface area contributed by atoms with Gasteiger partial charge >= 0.3 is 5.97 Å². The highest BCUT2D eigenvalue weighted by atomic mass is 32.1. The Labute approximate surface area is 175 Å². The van der Waals surface area contributed by atoms with Gasteiger partial charge in [-0.05, 0) is 55.3 Å². The van der Waals surface area contributed by atoms with E-state index < -0.39 is 11.5 Å². The molecule has 0 aliphatic heterocycles. The molecule has 0 fully saturated rings. The first kappa shape index (κ1) is 22.6. The minimum Gasteiger partial charge on any atom is -0.452 e. The van der Waals surface area contributed by atoms with Crippen LogP contribution in [-0.4, -0.2) is 29.9 Å². The lowest BCUT2D eigenvalue weighted by Crippen LogP contribution is -2.47. The monoisotopic (exact) mass is 416 g/mol. The van der Waals surface area contributed by atoms with Gasteiger partial charge in [0.25, 0.3) is 11.8 Å². The van der Waals surface area contributed by atoms with Crippen LogP contribution >= 0.6 is 11.3 Å². The molecule has 1 aromatic carbocycles. The minimum absolute atomic E-state index is 0.0570. The SMILES string of the molecule is CC(C)(C)CC(C)(C)NC(=O)COC(=O)c1cccc(NC(=O)c2cccs2)c1. The van der Waals surface area contributed by atoms with Gasteiger partial charge < -0.3 is 15.4 Å². The zero-order valence-corrected chi connectivity index (χ0v) is 18.3. The molecule has 0 saturated heterocycles. The lowest BCUT2D eigenvalue weighted by Gasteiger charge is -2.33. The summed E-state index contributed by atoms with van der Waals surface area (Å²) in [6.07, 6.45) is 0.783. The molecule has 0 aliphatic rings. The Morgan fingerprint density at radius 2 is 1.76 bits per heavy atom. The highest BCUT2D eigenvalue weighted by Crippen LogP contribution is 2.26. The van der Waals surface area contributed by atoms with Gasteiger partial charge in [0.15, 0.2) is 6.61 Å². The van der Waals surface area contributed by atoms with E-state index in [4.69, 9.17) is 4.74 Å². The lowest BCUT2D eigenvalue weighted by atomic mass is 9.82. The maximum atomic E-state index is 12.3. The van der Waals surface area contributed by atoms with E-state index in [2.05, 4.69) is 31.4 Å². The van der Waals surface area contributed by atoms with E-state index in [0.29, 0.717) is 10.6 Å². The summed E-state index contributed by atoms with van der Waals surface area (Å²) in [5, 5.41) is 7.46. The van der Waals surface area contributed by atoms with E-state index in [9.17, 15) is 14.4 Å². The topological polar surface area (TPSA) is 84.5 Å². The molecular formula is C22H28N2O4S. The first-order chi connectivity index (χ1) is 13.5. The van der Waals surface area contributed by atoms with Crippen LogP contribution in [0.15, 0.2) is 41.8 Å². The van der Waals surface area contributed by atoms with Gasteiger partial charge in [-0.25, -0.2) is 4.79 Å². The number of hydrogen-bond acceptors (Lipinski definition) is 5. The number of ether oxygens (including phenoxy) is 1. The van der Waals surface area contributed by atoms with Crippen molar-refractivity contribution in [2.75, 3.05) is 11.9 Å². The van der Waals surface area contributed by atoms with Crippen molar-refractivity contribution in [3.8, 4) is 0 Å². The van der Waals surface area contributed by atoms with Gasteiger partial charge in [-0.2, -0.15) is 0 Å². The number of nitrogens with one attached hydrogen (secondary N) is 2. The smallest absolute Gasteiger partial charge is 0.338 e. The molecule has 2 aromatic rings. The third-order valence-corrected chi connectivity index (χ3v) is 4.75. The molecule has 1 aromatic heterocycles. The molecule has 0 unspecified atom stereocenters. The molecule has 29 heavy (non-hydrogen) atoms. The number of carbonyl (C=O) groups is 3. The number of anilines is 1. The summed E-state index contributed by atoms with van der Waals surface area (Å²) in [6, 6.07) is 9.94. The first-order valence-corrected chi connectivity index (χ1v) is 10.3. The maximum Gasteiger partial charge on any atom is 0.338 e. The highest BCUT2D eigenvalue weighted by Gasteiger charge is 2.27. The molecule has 0 saturated carbocycles. The van der Waals surface area contributed by atoms with Crippen molar-refractivity contribution in [3.05, 3.63) is 52.2 Å². The lowest BCUT2D eigenvalue weighted by molar-refractivity contribution is -0.126. The van der Waals surface area contributed by atoms with Crippen LogP contribution in [0.4, 0.5) is 5.69 Å². The Kier molecular flexibility index (Phi) is 7.19. The van der Waals surface area contributed by atoms with Crippen LogP contribution in [0, 0.1) is 5.41 Å². The summed E-state index contributed by atoms with van der Waals surface area (Å²) >= 11 is 1.33. The summed E-state index contributed by atoms with van der Waals surface area (Å²) in [5.41, 5.74) is 0.388. The van der Waals surface area contributed by atoms with Crippen molar-refractivity contribution in [2.45, 2.75) is 46.6 Å². The summed E-state index contributed by atoms with van der Waals surface area (Å²) < 4.78 is 5.14. The van der Waals surface area contributed by atoms with Crippen molar-refractivity contribution in [1.29, 1.82) is 0 Å². The fourth-order valence-corrected chi connectivity index (χ4v) is 3.94. The Morgan fingerprint density at radius 1 is 1.03 bits per heavy atom. The fourth-order valence-electron chi connectivity index (χ4n) is 3.32. The van der Waals surface area contributed by atoms with Crippen LogP contribution in [-0.2, 0) is 9.53 Å². The van der Waals surface area contributed by atoms with Crippen molar-refractivity contribution in [1.82, 2.24) is 5.32 Å². The van der Waals surface area contributed by atoms with Crippen LogP contribution in [0.3, 0.4) is 0 Å². The number of hydrogen-bond donors (Lipinski definition) is 2. The van der Waals surface area contributed by atoms with Gasteiger partial charge in [0, 0.05) is 11.2 Å². The van der Waals surface area contributed by atoms with E-state index in [0.717, 1.165) is 6.42 Å². The molecule has 2 amide bonds. The number of carbonyl (C=O) groups excluding carboxylic acids is 3. The molecule has 2 rings (SSSR count). The second-order valence-corrected chi connectivity index (χ2v) is 9.71. The second-order valence-electron chi connectivity index (χ2n) is 8.76. The Balaban J connectivity index is 1.90. The van der Waals surface area contributed by atoms with Crippen LogP contribution in [0.25, 0.3) is 0 Å². The van der Waals surface area contributed by atoms with Gasteiger partial charge in [0.2, 0.25) is 0 Å². The van der Waals surface area contributed by atoms with E-state index in [1.165, 1.54) is 17.4 Å². The predicted molar refractivity (Wildman–Crippen MR) is 115 cm³/mol. The molecule has 7 heteroatoms. The predicted octanol–water partition coefficient (Wildman–Crippen LogP) is 4.49. The number of benzene rings is 1. The van der Waals surface area contributed by atoms with E-state index in [-0.39, 0.29) is 29.4 Å². The van der Waals surface area contributed by atoms with Gasteiger partial charge in [-0.1, -0.05) is 32.9 Å². The maximum absolute atomic E-state index is 12.3. The molecule has 1 heterocycles. The highest BCUT2D eigenvalue weighted by molar-refractivity contribution is 7.12. The Morgan fingerprint density at radius 3 is 2.38 bits per heavy atom. The number of amides is 2. The summed E-state index contributed by atoms with van der Waals surface area (Å²) in [6.45, 7) is 9.83. The molecule has 2 N–H and O–H groups in total. The van der Waals surface area contributed by atoms with Crippen LogP contribution in [0.1, 0.15) is 61.1 Å². The molecule has 6 nitrogen and oxygen atoms in total. The first-order valence-electron chi connectivity index (χ1n) is 9.38. The van der Waals surface area contributed by atoms with Crippen LogP contribution < -0.4 is 10.6 Å². The van der Waals surface area contributed by atoms with Gasteiger partial charge in [-0.3, -0.25) is 9.59 Å². The average Bonchev–Trinajstić information content (AvgIpc) is 3.12. The summed E-state index contributed by atoms with van der Waals surface area (Å²) in [4.78, 5) is 37.2. The third kappa shape index (κ3) is 7.69. The summed E-state index contributed by atoms with van der Waals surface area (Å²) in [7, 11) is 0. The largest absolute Gasteiger partial charge is 0.452 e. The zero-order valence-electron chi connectivity index (χ0n) is 17.5. The average molecular weight is 417 g/mol. The molecule has 0 spiro atoms. The van der Waals surface area contributed by atoms with Crippen molar-refractivity contribution in [2.24, 2.45) is 5.41 Å². The normalized spacial score (nSPS) is 11.6. The van der Waals surface area contributed by atoms with E-state index in [1.807, 2.05) is 19.2 Å². The van der Waals surface area contributed by atoms with Crippen molar-refractivity contribution in [3.63, 3.8) is 0 Å². The van der Waals surface area contributed by atoms with Crippen LogP contribution in [0.2, 0.25) is 0 Å². The van der Waals surface area contributed by atoms with E-state index >= 15 is 0 Å². The molecular weight excluding hydrogens is 388 g/mol. The Bertz CT molecular complexity index is 867. The third-order valence-electron chi connectivity index (χ3n) is 3.89. The molecule has 0 atom stereocenters. The minimum atomic E-state index is -0.624. The van der Waals surface area contributed by atoms with E-state index in [1.54, 1.807) is 30.3 Å². The second kappa shape index (κ2) is 9.22. The molecule has 0 radical (unpaired) electrons. The standard InChI is InChI=1S/C22H28N2O4S/c1-21(2,3)14-22(4,5)24-18(25)13-28-20(27)15-8-6-9-16(12-15)23-19(26)17-10-7-11-29-17/h6-12H,13-14H2,1-5H3,(H,23,26)(H,24,25). The molecule has 156 valence electrons. The van der Waals surface area contributed by atoms with Crippen molar-refractivity contribution >= 4 is 34.8 Å². The molecule has 0 bridgehead atoms.